The number of rotatable bonds is 7. The Bertz CT molecular complexity index is 2170. The highest BCUT2D eigenvalue weighted by molar-refractivity contribution is 7.90. The van der Waals surface area contributed by atoms with E-state index in [1.54, 1.807) is 9.80 Å². The number of carbonyl (C=O) groups is 2. The van der Waals surface area contributed by atoms with Crippen LogP contribution in [0.2, 0.25) is 0 Å². The van der Waals surface area contributed by atoms with E-state index in [9.17, 15) is 22.8 Å². The van der Waals surface area contributed by atoms with E-state index in [0.29, 0.717) is 5.56 Å². The van der Waals surface area contributed by atoms with Gasteiger partial charge in [0, 0.05) is 51.2 Å². The van der Waals surface area contributed by atoms with E-state index in [1.807, 2.05) is 6.92 Å². The third kappa shape index (κ3) is 5.82. The van der Waals surface area contributed by atoms with E-state index < -0.39 is 50.4 Å². The van der Waals surface area contributed by atoms with Gasteiger partial charge in [0.25, 0.3) is 0 Å². The second-order valence-electron chi connectivity index (χ2n) is 12.0. The highest BCUT2D eigenvalue weighted by Crippen LogP contribution is 2.42. The molecule has 250 valence electrons. The molecule has 0 unspecified atom stereocenters. The van der Waals surface area contributed by atoms with Crippen molar-refractivity contribution in [1.29, 1.82) is 0 Å². The Hall–Kier alpha value is -5.05. The van der Waals surface area contributed by atoms with Gasteiger partial charge in [-0.2, -0.15) is 4.98 Å². The molecule has 4 heterocycles. The van der Waals surface area contributed by atoms with Crippen molar-refractivity contribution >= 4 is 38.6 Å². The van der Waals surface area contributed by atoms with Crippen LogP contribution in [0.15, 0.2) is 59.0 Å². The van der Waals surface area contributed by atoms with Crippen molar-refractivity contribution in [3.8, 4) is 22.7 Å². The van der Waals surface area contributed by atoms with Gasteiger partial charge in [-0.05, 0) is 55.5 Å². The lowest BCUT2D eigenvalue weighted by atomic mass is 9.80. The minimum atomic E-state index is -3.99. The zero-order valence-electron chi connectivity index (χ0n) is 26.4. The van der Waals surface area contributed by atoms with Crippen molar-refractivity contribution < 1.29 is 31.5 Å². The van der Waals surface area contributed by atoms with E-state index in [0.717, 1.165) is 55.3 Å². The lowest BCUT2D eigenvalue weighted by molar-refractivity contribution is -0.132. The van der Waals surface area contributed by atoms with Crippen LogP contribution >= 0.6 is 0 Å². The number of amides is 1. The smallest absolute Gasteiger partial charge is 0.355 e. The number of hydrogen-bond donors (Lipinski definition) is 0. The summed E-state index contributed by atoms with van der Waals surface area (Å²) >= 11 is 0. The molecule has 1 aromatic carbocycles. The highest BCUT2D eigenvalue weighted by Gasteiger charge is 2.33. The molecule has 3 aromatic heterocycles. The monoisotopic (exact) mass is 678 g/mol. The van der Waals surface area contributed by atoms with Crippen LogP contribution in [-0.4, -0.2) is 76.6 Å². The topological polar surface area (TPSA) is 145 Å². The molecule has 6 rings (SSSR count). The summed E-state index contributed by atoms with van der Waals surface area (Å²) in [6, 6.07) is 4.27. The highest BCUT2D eigenvalue weighted by atomic mass is 32.2. The molecule has 1 saturated carbocycles. The molecule has 12 nitrogen and oxygen atoms in total. The molecule has 1 amide bonds. The zero-order chi connectivity index (χ0) is 34.5. The Morgan fingerprint density at radius 3 is 2.48 bits per heavy atom. The number of nitrogens with zero attached hydrogens (tertiary/aromatic N) is 6. The Balaban J connectivity index is 1.70. The summed E-state index contributed by atoms with van der Waals surface area (Å²) in [7, 11) is -3.99. The van der Waals surface area contributed by atoms with Crippen LogP contribution in [-0.2, 0) is 19.4 Å². The van der Waals surface area contributed by atoms with E-state index in [4.69, 9.17) is 4.74 Å². The second kappa shape index (κ2) is 12.5. The molecule has 1 atom stereocenters. The lowest BCUT2D eigenvalue weighted by Crippen LogP contribution is -2.54. The van der Waals surface area contributed by atoms with Crippen molar-refractivity contribution in [1.82, 2.24) is 24.4 Å². The van der Waals surface area contributed by atoms with E-state index in [-0.39, 0.29) is 64.6 Å². The molecule has 15 heteroatoms. The first-order chi connectivity index (χ1) is 22.8. The summed E-state index contributed by atoms with van der Waals surface area (Å²) in [5, 5.41) is 0.0346. The third-order valence-electron chi connectivity index (χ3n) is 8.73. The van der Waals surface area contributed by atoms with Crippen molar-refractivity contribution in [2.75, 3.05) is 30.8 Å². The standard InChI is InChI=1S/C33H32F2N6O6S/c1-5-27(43)39-12-13-40(18(2)17-39)31-21-14-24(35)29(28-23(34)10-7-11-25(28)47-19(3)42)37-32(21)41(33(44)38-31)30-22(20-8-6-9-20)15-36-16-26(30)48(4,45)46/h5,7,10-11,14-16,18,20H,1,6,8-9,12-13,17H2,2-4H3/t18-/m0/s1. The molecule has 1 aliphatic carbocycles. The number of halogens is 2. The van der Waals surface area contributed by atoms with Crippen molar-refractivity contribution in [2.45, 2.75) is 50.0 Å². The minimum absolute atomic E-state index is 0.0144. The maximum atomic E-state index is 16.3. The fourth-order valence-corrected chi connectivity index (χ4v) is 7.07. The molecule has 4 aromatic rings. The summed E-state index contributed by atoms with van der Waals surface area (Å²) in [6.07, 6.45) is 7.16. The number of benzene rings is 1. The quantitative estimate of drug-likeness (QED) is 0.160. The van der Waals surface area contributed by atoms with Gasteiger partial charge in [-0.3, -0.25) is 14.6 Å². The Labute approximate surface area is 274 Å². The van der Waals surface area contributed by atoms with Gasteiger partial charge in [0.1, 0.15) is 28.0 Å². The van der Waals surface area contributed by atoms with Crippen LogP contribution in [0.3, 0.4) is 0 Å². The number of ether oxygens (including phenoxy) is 1. The number of anilines is 1. The zero-order valence-corrected chi connectivity index (χ0v) is 27.3. The van der Waals surface area contributed by atoms with Crippen LogP contribution in [0.5, 0.6) is 5.75 Å². The molecular weight excluding hydrogens is 646 g/mol. The average molecular weight is 679 g/mol. The summed E-state index contributed by atoms with van der Waals surface area (Å²) < 4.78 is 64.2. The molecule has 1 saturated heterocycles. The van der Waals surface area contributed by atoms with Gasteiger partial charge < -0.3 is 14.5 Å². The van der Waals surface area contributed by atoms with Crippen LogP contribution in [0, 0.1) is 11.6 Å². The van der Waals surface area contributed by atoms with E-state index >= 15 is 8.78 Å². The van der Waals surface area contributed by atoms with Gasteiger partial charge >= 0.3 is 11.7 Å². The number of esters is 1. The maximum absolute atomic E-state index is 16.3. The molecule has 0 bridgehead atoms. The van der Waals surface area contributed by atoms with Gasteiger partial charge in [-0.15, -0.1) is 0 Å². The molecule has 2 fully saturated rings. The normalized spacial score (nSPS) is 16.9. The van der Waals surface area contributed by atoms with Crippen molar-refractivity contribution in [3.63, 3.8) is 0 Å². The molecule has 2 aliphatic rings. The van der Waals surface area contributed by atoms with Gasteiger partial charge in [0.2, 0.25) is 5.91 Å². The number of carbonyl (C=O) groups excluding carboxylic acids is 2. The Morgan fingerprint density at radius 2 is 1.85 bits per heavy atom. The van der Waals surface area contributed by atoms with Crippen LogP contribution < -0.4 is 15.3 Å². The van der Waals surface area contributed by atoms with Crippen LogP contribution in [0.1, 0.15) is 44.6 Å². The first-order valence-corrected chi connectivity index (χ1v) is 17.2. The number of sulfone groups is 1. The van der Waals surface area contributed by atoms with Crippen molar-refractivity contribution in [3.05, 3.63) is 77.0 Å². The Morgan fingerprint density at radius 1 is 1.10 bits per heavy atom. The van der Waals surface area contributed by atoms with Gasteiger partial charge in [-0.1, -0.05) is 19.1 Å². The first kappa shape index (κ1) is 32.9. The maximum Gasteiger partial charge on any atom is 0.355 e. The van der Waals surface area contributed by atoms with E-state index in [1.165, 1.54) is 24.4 Å². The predicted octanol–water partition coefficient (Wildman–Crippen LogP) is 3.94. The minimum Gasteiger partial charge on any atom is -0.426 e. The third-order valence-corrected chi connectivity index (χ3v) is 9.83. The van der Waals surface area contributed by atoms with Crippen LogP contribution in [0.4, 0.5) is 14.6 Å². The number of hydrogen-bond acceptors (Lipinski definition) is 10. The molecule has 0 radical (unpaired) electrons. The fourth-order valence-electron chi connectivity index (χ4n) is 6.26. The fraction of sp³-hybridized carbons (Fsp3) is 0.333. The largest absolute Gasteiger partial charge is 0.426 e. The number of pyridine rings is 2. The SMILES string of the molecule is C=CC(=O)N1CCN(c2nc(=O)n(-c3c(C4CCC4)cncc3S(C)(=O)=O)c3nc(-c4c(F)cccc4OC(C)=O)c(F)cc23)[C@@H](C)C1. The number of fused-ring (bicyclic) bond motifs is 1. The number of aromatic nitrogens is 4. The molecule has 1 aliphatic heterocycles. The molecule has 48 heavy (non-hydrogen) atoms. The van der Waals surface area contributed by atoms with E-state index in [2.05, 4.69) is 21.5 Å². The summed E-state index contributed by atoms with van der Waals surface area (Å²) in [5.41, 5.74) is -1.69. The molecular formula is C33H32F2N6O6S. The van der Waals surface area contributed by atoms with Crippen LogP contribution in [0.25, 0.3) is 28.0 Å². The number of piperazine rings is 1. The Kier molecular flexibility index (Phi) is 8.58. The first-order valence-electron chi connectivity index (χ1n) is 15.3. The lowest BCUT2D eigenvalue weighted by Gasteiger charge is -2.40. The second-order valence-corrected chi connectivity index (χ2v) is 13.9. The molecule has 0 spiro atoms. The molecule has 0 N–H and O–H groups in total. The van der Waals surface area contributed by atoms with Crippen molar-refractivity contribution in [2.24, 2.45) is 0 Å². The van der Waals surface area contributed by atoms with Gasteiger partial charge in [-0.25, -0.2) is 31.5 Å². The summed E-state index contributed by atoms with van der Waals surface area (Å²) in [6.45, 7) is 7.18. The van der Waals surface area contributed by atoms with Gasteiger partial charge in [0.05, 0.1) is 16.6 Å². The predicted molar refractivity (Wildman–Crippen MR) is 173 cm³/mol. The van der Waals surface area contributed by atoms with Gasteiger partial charge in [0.15, 0.2) is 21.3 Å². The summed E-state index contributed by atoms with van der Waals surface area (Å²) in [4.78, 5) is 54.6. The summed E-state index contributed by atoms with van der Waals surface area (Å²) in [5.74, 6) is -3.38. The average Bonchev–Trinajstić information content (AvgIpc) is 2.99.